The maximum Gasteiger partial charge on any atom is 0.252 e. The predicted molar refractivity (Wildman–Crippen MR) is 226 cm³/mol. The van der Waals surface area contributed by atoms with E-state index in [4.69, 9.17) is 15.7 Å². The lowest BCUT2D eigenvalue weighted by molar-refractivity contribution is -0.120. The number of hydrogen-bond donors (Lipinski definition) is 5. The van der Waals surface area contributed by atoms with E-state index in [1.165, 1.54) is 18.2 Å². The molecule has 1 atom stereocenters. The summed E-state index contributed by atoms with van der Waals surface area (Å²) in [5.74, 6) is -2.04. The van der Waals surface area contributed by atoms with Crippen LogP contribution in [0.4, 0.5) is 34.1 Å². The molecule has 0 fully saturated rings. The van der Waals surface area contributed by atoms with Crippen molar-refractivity contribution in [3.63, 3.8) is 0 Å². The van der Waals surface area contributed by atoms with Gasteiger partial charge in [0.25, 0.3) is 11.8 Å². The number of nitroso groups, excluding NO2 is 2. The molecule has 14 heteroatoms. The summed E-state index contributed by atoms with van der Waals surface area (Å²) in [7, 11) is 0. The Morgan fingerprint density at radius 3 is 1.34 bits per heavy atom. The van der Waals surface area contributed by atoms with Gasteiger partial charge in [-0.15, -0.1) is 9.81 Å². The number of fused-ring (bicyclic) bond motifs is 4. The lowest BCUT2D eigenvalue weighted by Gasteiger charge is -2.17. The lowest BCUT2D eigenvalue weighted by atomic mass is 10.1. The molecule has 1 unspecified atom stereocenters. The molecule has 58 heavy (non-hydrogen) atoms. The van der Waals surface area contributed by atoms with Crippen LogP contribution < -0.4 is 27.0 Å². The Kier molecular flexibility index (Phi) is 10.1. The second kappa shape index (κ2) is 15.9. The van der Waals surface area contributed by atoms with Crippen LogP contribution in [0.3, 0.4) is 0 Å². The number of para-hydroxylation sites is 4. The highest BCUT2D eigenvalue weighted by molar-refractivity contribution is 6.11. The molecular formula is C44H33N9O5. The van der Waals surface area contributed by atoms with Gasteiger partial charge in [0.15, 0.2) is 0 Å². The van der Waals surface area contributed by atoms with E-state index in [9.17, 15) is 24.2 Å². The Hall–Kier alpha value is -8.13. The summed E-state index contributed by atoms with van der Waals surface area (Å²) < 4.78 is 0. The van der Waals surface area contributed by atoms with Crippen molar-refractivity contribution in [3.8, 4) is 0 Å². The van der Waals surface area contributed by atoms with Crippen molar-refractivity contribution in [1.82, 2.24) is 20.6 Å². The number of carbonyl (C=O) groups excluding carboxylic acids is 3. The molecule has 0 saturated carbocycles. The highest BCUT2D eigenvalue weighted by atomic mass is 16.3. The molecule has 0 bridgehead atoms. The van der Waals surface area contributed by atoms with Crippen LogP contribution in [0.2, 0.25) is 0 Å². The van der Waals surface area contributed by atoms with Crippen LogP contribution in [-0.2, 0) is 4.79 Å². The molecule has 0 radical (unpaired) electrons. The summed E-state index contributed by atoms with van der Waals surface area (Å²) in [6, 6.07) is 38.1. The first-order chi connectivity index (χ1) is 28.3. The quantitative estimate of drug-likeness (QED) is 0.0560. The van der Waals surface area contributed by atoms with E-state index >= 15 is 0 Å². The molecule has 0 aliphatic rings. The SMILES string of the molecule is NC(=O)C(CCNC(=O)c1ccc(Nc2c3ccccc3nc3ccccc23)c(N=O)c1)NC(=O)c1ccc(Nc2c3ccccc3nc3ccccc23)c(N=O)c1. The number of amides is 3. The topological polar surface area (TPSA) is 210 Å². The number of nitrogens with one attached hydrogen (secondary N) is 4. The van der Waals surface area contributed by atoms with Gasteiger partial charge >= 0.3 is 0 Å². The average Bonchev–Trinajstić information content (AvgIpc) is 3.25. The molecule has 2 heterocycles. The van der Waals surface area contributed by atoms with Crippen LogP contribution in [0.25, 0.3) is 43.6 Å². The zero-order chi connectivity index (χ0) is 40.2. The summed E-state index contributed by atoms with van der Waals surface area (Å²) in [6.45, 7) is -0.0522. The third-order valence-corrected chi connectivity index (χ3v) is 9.78. The first kappa shape index (κ1) is 36.8. The van der Waals surface area contributed by atoms with Gasteiger partial charge in [0, 0.05) is 39.2 Å². The van der Waals surface area contributed by atoms with Crippen molar-refractivity contribution in [2.24, 2.45) is 16.1 Å². The maximum absolute atomic E-state index is 13.3. The molecule has 0 saturated heterocycles. The second-order valence-electron chi connectivity index (χ2n) is 13.4. The number of benzene rings is 6. The molecule has 6 aromatic carbocycles. The summed E-state index contributed by atoms with van der Waals surface area (Å²) in [4.78, 5) is 72.4. The van der Waals surface area contributed by atoms with E-state index in [1.807, 2.05) is 97.1 Å². The first-order valence-electron chi connectivity index (χ1n) is 18.2. The third-order valence-electron chi connectivity index (χ3n) is 9.78. The number of pyridine rings is 2. The van der Waals surface area contributed by atoms with Crippen molar-refractivity contribution in [2.75, 3.05) is 17.2 Å². The smallest absolute Gasteiger partial charge is 0.252 e. The molecule has 284 valence electrons. The van der Waals surface area contributed by atoms with Crippen LogP contribution in [0.1, 0.15) is 27.1 Å². The minimum Gasteiger partial charge on any atom is -0.368 e. The number of primary amides is 1. The number of nitrogens with two attached hydrogens (primary N) is 1. The maximum atomic E-state index is 13.3. The van der Waals surface area contributed by atoms with Gasteiger partial charge in [-0.05, 0) is 77.4 Å². The Morgan fingerprint density at radius 1 is 0.552 bits per heavy atom. The standard InChI is InChI=1S/C44H33N9O5/c45-42(54)37(51-44(56)26-18-20-36(39(24-26)53-58)50-41-29-11-3-7-15-33(29)48-34-16-8-4-12-30(34)41)21-22-46-43(55)25-17-19-35(38(23-25)52-57)49-40-27-9-1-5-13-31(27)47-32-14-6-2-10-28(32)40/h1-20,23-24,37H,21-22H2,(H2,45,54)(H,46,55)(H,47,49)(H,48,50)(H,51,56). The minimum absolute atomic E-state index is 0.00720. The number of nitrogens with zero attached hydrogens (tertiary/aromatic N) is 4. The van der Waals surface area contributed by atoms with Crippen LogP contribution in [-0.4, -0.2) is 40.3 Å². The summed E-state index contributed by atoms with van der Waals surface area (Å²) in [5, 5.41) is 21.6. The zero-order valence-corrected chi connectivity index (χ0v) is 30.6. The number of carbonyl (C=O) groups is 3. The molecule has 2 aromatic heterocycles. The van der Waals surface area contributed by atoms with Gasteiger partial charge in [-0.2, -0.15) is 0 Å². The van der Waals surface area contributed by atoms with Crippen LogP contribution in [0.15, 0.2) is 144 Å². The molecule has 8 aromatic rings. The van der Waals surface area contributed by atoms with Crippen molar-refractivity contribution in [1.29, 1.82) is 0 Å². The van der Waals surface area contributed by atoms with Gasteiger partial charge in [-0.3, -0.25) is 14.4 Å². The highest BCUT2D eigenvalue weighted by Gasteiger charge is 2.21. The van der Waals surface area contributed by atoms with Crippen molar-refractivity contribution in [2.45, 2.75) is 12.5 Å². The molecule has 6 N–H and O–H groups in total. The van der Waals surface area contributed by atoms with E-state index in [0.29, 0.717) is 11.4 Å². The number of anilines is 4. The molecular weight excluding hydrogens is 735 g/mol. The van der Waals surface area contributed by atoms with E-state index in [0.717, 1.165) is 55.0 Å². The minimum atomic E-state index is -1.17. The molecule has 3 amide bonds. The molecule has 0 aliphatic heterocycles. The number of hydrogen-bond acceptors (Lipinski definition) is 11. The summed E-state index contributed by atoms with van der Waals surface area (Å²) in [5.41, 5.74) is 11.1. The zero-order valence-electron chi connectivity index (χ0n) is 30.6. The average molecular weight is 768 g/mol. The largest absolute Gasteiger partial charge is 0.368 e. The van der Waals surface area contributed by atoms with Gasteiger partial charge < -0.3 is 27.0 Å². The monoisotopic (exact) mass is 767 g/mol. The molecule has 14 nitrogen and oxygen atoms in total. The van der Waals surface area contributed by atoms with Crippen LogP contribution >= 0.6 is 0 Å². The fraction of sp³-hybridized carbons (Fsp3) is 0.0682. The van der Waals surface area contributed by atoms with Crippen LogP contribution in [0.5, 0.6) is 0 Å². The van der Waals surface area contributed by atoms with E-state index in [1.54, 1.807) is 18.2 Å². The molecule has 8 rings (SSSR count). The highest BCUT2D eigenvalue weighted by Crippen LogP contribution is 2.38. The summed E-state index contributed by atoms with van der Waals surface area (Å²) >= 11 is 0. The number of rotatable bonds is 13. The first-order valence-corrected chi connectivity index (χ1v) is 18.2. The van der Waals surface area contributed by atoms with E-state index < -0.39 is 23.8 Å². The Labute approximate surface area is 329 Å². The van der Waals surface area contributed by atoms with E-state index in [-0.39, 0.29) is 35.5 Å². The Balaban J connectivity index is 0.934. The van der Waals surface area contributed by atoms with Gasteiger partial charge in [-0.1, -0.05) is 72.8 Å². The fourth-order valence-corrected chi connectivity index (χ4v) is 6.89. The van der Waals surface area contributed by atoms with Crippen molar-refractivity contribution in [3.05, 3.63) is 154 Å². The lowest BCUT2D eigenvalue weighted by Crippen LogP contribution is -2.46. The Morgan fingerprint density at radius 2 is 0.948 bits per heavy atom. The summed E-state index contributed by atoms with van der Waals surface area (Å²) in [6.07, 6.45) is -0.0476. The van der Waals surface area contributed by atoms with Gasteiger partial charge in [0.2, 0.25) is 5.91 Å². The number of aromatic nitrogens is 2. The Bertz CT molecular complexity index is 2850. The fourth-order valence-electron chi connectivity index (χ4n) is 6.89. The molecule has 0 aliphatic carbocycles. The van der Waals surface area contributed by atoms with E-state index in [2.05, 4.69) is 31.6 Å². The normalized spacial score (nSPS) is 11.6. The van der Waals surface area contributed by atoms with Gasteiger partial charge in [-0.25, -0.2) is 9.97 Å². The van der Waals surface area contributed by atoms with Crippen molar-refractivity contribution < 1.29 is 14.4 Å². The van der Waals surface area contributed by atoms with Crippen molar-refractivity contribution >= 4 is 95.5 Å². The van der Waals surface area contributed by atoms with Gasteiger partial charge in [0.05, 0.1) is 44.8 Å². The predicted octanol–water partition coefficient (Wildman–Crippen LogP) is 8.78. The van der Waals surface area contributed by atoms with Gasteiger partial charge in [0.1, 0.15) is 17.4 Å². The third kappa shape index (κ3) is 7.32. The second-order valence-corrected chi connectivity index (χ2v) is 13.4. The molecule has 0 spiro atoms. The van der Waals surface area contributed by atoms with Crippen LogP contribution in [0, 0.1) is 9.81 Å².